The van der Waals surface area contributed by atoms with Gasteiger partial charge in [0.15, 0.2) is 0 Å². The quantitative estimate of drug-likeness (QED) is 0.726. The summed E-state index contributed by atoms with van der Waals surface area (Å²) in [4.78, 5) is 18.6. The molecule has 0 radical (unpaired) electrons. The summed E-state index contributed by atoms with van der Waals surface area (Å²) in [5.74, 6) is -0.274. The Bertz CT molecular complexity index is 811. The first-order valence-electron chi connectivity index (χ1n) is 7.60. The molecule has 0 aliphatic heterocycles. The highest BCUT2D eigenvalue weighted by molar-refractivity contribution is 5.78. The number of hydrogen-bond acceptors (Lipinski definition) is 2. The number of rotatable bonds is 5. The minimum atomic E-state index is -0.292. The molecule has 0 aliphatic rings. The molecule has 2 heterocycles. The van der Waals surface area contributed by atoms with Crippen molar-refractivity contribution in [2.24, 2.45) is 0 Å². The first kappa shape index (κ1) is 15.2. The van der Waals surface area contributed by atoms with E-state index < -0.39 is 0 Å². The molecule has 1 amide bonds. The van der Waals surface area contributed by atoms with Crippen LogP contribution in [0.2, 0.25) is 0 Å². The van der Waals surface area contributed by atoms with E-state index >= 15 is 0 Å². The summed E-state index contributed by atoms with van der Waals surface area (Å²) >= 11 is 0. The molecule has 4 nitrogen and oxygen atoms in total. The summed E-state index contributed by atoms with van der Waals surface area (Å²) in [5, 5.41) is 0. The zero-order valence-electron chi connectivity index (χ0n) is 12.9. The van der Waals surface area contributed by atoms with E-state index in [9.17, 15) is 9.18 Å². The van der Waals surface area contributed by atoms with Gasteiger partial charge in [0.25, 0.3) is 0 Å². The second-order valence-corrected chi connectivity index (χ2v) is 5.39. The first-order valence-corrected chi connectivity index (χ1v) is 7.60. The SMILES string of the molecule is CCN(Cc1cnc2ccccn12)C(=O)Cc1ccc(F)cc1. The van der Waals surface area contributed by atoms with Gasteiger partial charge in [0.2, 0.25) is 5.91 Å². The summed E-state index contributed by atoms with van der Waals surface area (Å²) in [7, 11) is 0. The number of likely N-dealkylation sites (N-methyl/N-ethyl adjacent to an activating group) is 1. The van der Waals surface area contributed by atoms with Crippen molar-refractivity contribution in [1.82, 2.24) is 14.3 Å². The van der Waals surface area contributed by atoms with Crippen LogP contribution >= 0.6 is 0 Å². The monoisotopic (exact) mass is 311 g/mol. The Hall–Kier alpha value is -2.69. The standard InChI is InChI=1S/C18H18FN3O/c1-2-21(18(23)11-14-6-8-15(19)9-7-14)13-16-12-20-17-5-3-4-10-22(16)17/h3-10,12H,2,11,13H2,1H3. The summed E-state index contributed by atoms with van der Waals surface area (Å²) < 4.78 is 14.9. The van der Waals surface area contributed by atoms with Gasteiger partial charge in [-0.15, -0.1) is 0 Å². The summed E-state index contributed by atoms with van der Waals surface area (Å²) in [6, 6.07) is 11.9. The van der Waals surface area contributed by atoms with Crippen LogP contribution in [-0.4, -0.2) is 26.7 Å². The normalized spacial score (nSPS) is 10.9. The largest absolute Gasteiger partial charge is 0.337 e. The fourth-order valence-electron chi connectivity index (χ4n) is 2.56. The maximum absolute atomic E-state index is 12.9. The van der Waals surface area contributed by atoms with E-state index in [2.05, 4.69) is 4.98 Å². The van der Waals surface area contributed by atoms with Crippen molar-refractivity contribution in [2.45, 2.75) is 19.9 Å². The molecule has 23 heavy (non-hydrogen) atoms. The summed E-state index contributed by atoms with van der Waals surface area (Å²) in [6.45, 7) is 3.06. The molecule has 0 saturated heterocycles. The van der Waals surface area contributed by atoms with Crippen molar-refractivity contribution in [3.8, 4) is 0 Å². The number of halogens is 1. The number of imidazole rings is 1. The zero-order valence-corrected chi connectivity index (χ0v) is 12.9. The van der Waals surface area contributed by atoms with Crippen LogP contribution in [-0.2, 0) is 17.8 Å². The predicted molar refractivity (Wildman–Crippen MR) is 86.4 cm³/mol. The van der Waals surface area contributed by atoms with E-state index in [4.69, 9.17) is 0 Å². The maximum atomic E-state index is 12.9. The third kappa shape index (κ3) is 3.39. The second kappa shape index (κ2) is 6.60. The minimum absolute atomic E-state index is 0.0185. The Kier molecular flexibility index (Phi) is 4.37. The molecule has 1 aromatic carbocycles. The van der Waals surface area contributed by atoms with Gasteiger partial charge in [0, 0.05) is 12.7 Å². The van der Waals surface area contributed by atoms with Gasteiger partial charge in [0.1, 0.15) is 11.5 Å². The van der Waals surface area contributed by atoms with Crippen LogP contribution in [0.4, 0.5) is 4.39 Å². The number of nitrogens with zero attached hydrogens (tertiary/aromatic N) is 3. The van der Waals surface area contributed by atoms with Gasteiger partial charge >= 0.3 is 0 Å². The summed E-state index contributed by atoms with van der Waals surface area (Å²) in [6.07, 6.45) is 4.00. The number of aromatic nitrogens is 2. The minimum Gasteiger partial charge on any atom is -0.337 e. The maximum Gasteiger partial charge on any atom is 0.227 e. The smallest absolute Gasteiger partial charge is 0.227 e. The van der Waals surface area contributed by atoms with Crippen molar-refractivity contribution in [2.75, 3.05) is 6.54 Å². The number of benzene rings is 1. The van der Waals surface area contributed by atoms with E-state index in [1.54, 1.807) is 23.2 Å². The molecule has 5 heteroatoms. The molecule has 0 saturated carbocycles. The fraction of sp³-hybridized carbons (Fsp3) is 0.222. The highest BCUT2D eigenvalue weighted by Crippen LogP contribution is 2.11. The van der Waals surface area contributed by atoms with Gasteiger partial charge in [-0.1, -0.05) is 18.2 Å². The van der Waals surface area contributed by atoms with Crippen LogP contribution in [0.15, 0.2) is 54.9 Å². The Labute approximate surface area is 134 Å². The molecule has 0 atom stereocenters. The molecular weight excluding hydrogens is 293 g/mol. The van der Waals surface area contributed by atoms with Crippen LogP contribution in [0.1, 0.15) is 18.2 Å². The van der Waals surface area contributed by atoms with Crippen LogP contribution in [0.3, 0.4) is 0 Å². The van der Waals surface area contributed by atoms with Gasteiger partial charge in [0.05, 0.1) is 24.9 Å². The van der Waals surface area contributed by atoms with Gasteiger partial charge in [-0.05, 0) is 36.8 Å². The van der Waals surface area contributed by atoms with E-state index in [1.807, 2.05) is 35.7 Å². The molecule has 0 aliphatic carbocycles. The Morgan fingerprint density at radius 3 is 2.74 bits per heavy atom. The van der Waals surface area contributed by atoms with Crippen molar-refractivity contribution < 1.29 is 9.18 Å². The number of hydrogen-bond donors (Lipinski definition) is 0. The van der Waals surface area contributed by atoms with Crippen molar-refractivity contribution in [1.29, 1.82) is 0 Å². The lowest BCUT2D eigenvalue weighted by Gasteiger charge is -2.20. The van der Waals surface area contributed by atoms with Crippen molar-refractivity contribution in [3.05, 3.63) is 71.9 Å². The number of fused-ring (bicyclic) bond motifs is 1. The van der Waals surface area contributed by atoms with Crippen molar-refractivity contribution in [3.63, 3.8) is 0 Å². The average molecular weight is 311 g/mol. The van der Waals surface area contributed by atoms with E-state index in [1.165, 1.54) is 12.1 Å². The average Bonchev–Trinajstić information content (AvgIpc) is 2.97. The van der Waals surface area contributed by atoms with Crippen LogP contribution < -0.4 is 0 Å². The lowest BCUT2D eigenvalue weighted by atomic mass is 10.1. The van der Waals surface area contributed by atoms with Crippen LogP contribution in [0.25, 0.3) is 5.65 Å². The molecule has 118 valence electrons. The number of amides is 1. The fourth-order valence-corrected chi connectivity index (χ4v) is 2.56. The Morgan fingerprint density at radius 2 is 2.00 bits per heavy atom. The summed E-state index contributed by atoms with van der Waals surface area (Å²) in [5.41, 5.74) is 2.65. The van der Waals surface area contributed by atoms with E-state index in [0.717, 1.165) is 16.9 Å². The number of carbonyl (C=O) groups excluding carboxylic acids is 1. The Balaban J connectivity index is 1.74. The highest BCUT2D eigenvalue weighted by atomic mass is 19.1. The van der Waals surface area contributed by atoms with Gasteiger partial charge < -0.3 is 9.30 Å². The lowest BCUT2D eigenvalue weighted by Crippen LogP contribution is -2.32. The van der Waals surface area contributed by atoms with Crippen molar-refractivity contribution >= 4 is 11.6 Å². The molecule has 0 unspecified atom stereocenters. The highest BCUT2D eigenvalue weighted by Gasteiger charge is 2.15. The second-order valence-electron chi connectivity index (χ2n) is 5.39. The number of pyridine rings is 1. The molecule has 0 bridgehead atoms. The molecule has 3 rings (SSSR count). The molecular formula is C18H18FN3O. The Morgan fingerprint density at radius 1 is 1.22 bits per heavy atom. The van der Waals surface area contributed by atoms with Crippen LogP contribution in [0, 0.1) is 5.82 Å². The first-order chi connectivity index (χ1) is 11.2. The van der Waals surface area contributed by atoms with E-state index in [-0.39, 0.29) is 18.1 Å². The third-order valence-electron chi connectivity index (χ3n) is 3.85. The number of carbonyl (C=O) groups is 1. The molecule has 0 spiro atoms. The molecule has 0 fully saturated rings. The molecule has 3 aromatic rings. The third-order valence-corrected chi connectivity index (χ3v) is 3.85. The lowest BCUT2D eigenvalue weighted by molar-refractivity contribution is -0.130. The predicted octanol–water partition coefficient (Wildman–Crippen LogP) is 3.06. The van der Waals surface area contributed by atoms with E-state index in [0.29, 0.717) is 13.1 Å². The molecule has 0 N–H and O–H groups in total. The van der Waals surface area contributed by atoms with Crippen LogP contribution in [0.5, 0.6) is 0 Å². The van der Waals surface area contributed by atoms with Gasteiger partial charge in [-0.3, -0.25) is 4.79 Å². The van der Waals surface area contributed by atoms with Gasteiger partial charge in [-0.2, -0.15) is 0 Å². The van der Waals surface area contributed by atoms with Gasteiger partial charge in [-0.25, -0.2) is 9.37 Å². The molecule has 2 aromatic heterocycles. The topological polar surface area (TPSA) is 37.6 Å². The zero-order chi connectivity index (χ0) is 16.2.